The molecule has 0 radical (unpaired) electrons. The Morgan fingerprint density at radius 3 is 2.70 bits per heavy atom. The van der Waals surface area contributed by atoms with Gasteiger partial charge in [-0.15, -0.1) is 0 Å². The number of ether oxygens (including phenoxy) is 2. The number of hydrogen-bond donors (Lipinski definition) is 1. The molecule has 0 amide bonds. The van der Waals surface area contributed by atoms with E-state index >= 15 is 0 Å². The van der Waals surface area contributed by atoms with Crippen LogP contribution >= 0.6 is 0 Å². The van der Waals surface area contributed by atoms with Crippen LogP contribution in [0.1, 0.15) is 11.3 Å². The number of benzene rings is 2. The lowest BCUT2D eigenvalue weighted by atomic mass is 10.0. The van der Waals surface area contributed by atoms with Crippen molar-refractivity contribution in [3.05, 3.63) is 70.1 Å². The van der Waals surface area contributed by atoms with Gasteiger partial charge in [-0.1, -0.05) is 29.8 Å². The minimum absolute atomic E-state index is 0.158. The van der Waals surface area contributed by atoms with Crippen molar-refractivity contribution >= 4 is 5.65 Å². The van der Waals surface area contributed by atoms with E-state index in [4.69, 9.17) is 14.5 Å². The summed E-state index contributed by atoms with van der Waals surface area (Å²) in [6.45, 7) is 4.21. The molecule has 5 rings (SSSR count). The minimum Gasteiger partial charge on any atom is -0.454 e. The molecule has 0 bridgehead atoms. The highest BCUT2D eigenvalue weighted by Crippen LogP contribution is 2.36. The summed E-state index contributed by atoms with van der Waals surface area (Å²) in [6, 6.07) is 15.3. The molecule has 0 atom stereocenters. The monoisotopic (exact) mass is 359 g/mol. The zero-order valence-corrected chi connectivity index (χ0v) is 14.9. The van der Waals surface area contributed by atoms with E-state index in [9.17, 15) is 4.79 Å². The zero-order chi connectivity index (χ0) is 18.5. The van der Waals surface area contributed by atoms with Crippen molar-refractivity contribution in [1.29, 1.82) is 0 Å². The first-order valence-electron chi connectivity index (χ1n) is 8.69. The molecule has 2 aromatic heterocycles. The molecule has 0 aliphatic carbocycles. The summed E-state index contributed by atoms with van der Waals surface area (Å²) < 4.78 is 12.3. The molecule has 0 saturated heterocycles. The number of rotatable bonds is 2. The minimum atomic E-state index is -0.158. The molecular weight excluding hydrogens is 342 g/mol. The Kier molecular flexibility index (Phi) is 3.33. The summed E-state index contributed by atoms with van der Waals surface area (Å²) in [7, 11) is 0. The Labute approximate surface area is 155 Å². The van der Waals surface area contributed by atoms with E-state index in [0.717, 1.165) is 27.9 Å². The lowest BCUT2D eigenvalue weighted by Crippen LogP contribution is -2.14. The molecule has 0 unspecified atom stereocenters. The maximum atomic E-state index is 12.7. The summed E-state index contributed by atoms with van der Waals surface area (Å²) in [6.07, 6.45) is 0. The lowest BCUT2D eigenvalue weighted by Gasteiger charge is -2.05. The molecule has 0 spiro atoms. The lowest BCUT2D eigenvalue weighted by molar-refractivity contribution is 0.174. The van der Waals surface area contributed by atoms with E-state index < -0.39 is 0 Å². The Morgan fingerprint density at radius 1 is 1.00 bits per heavy atom. The molecule has 1 aliphatic rings. The molecule has 134 valence electrons. The topological polar surface area (TPSA) is 68.6 Å². The summed E-state index contributed by atoms with van der Waals surface area (Å²) in [5.41, 5.74) is 5.87. The summed E-state index contributed by atoms with van der Waals surface area (Å²) >= 11 is 0. The van der Waals surface area contributed by atoms with E-state index in [1.165, 1.54) is 10.6 Å². The van der Waals surface area contributed by atoms with E-state index in [-0.39, 0.29) is 12.4 Å². The van der Waals surface area contributed by atoms with Gasteiger partial charge < -0.3 is 9.47 Å². The van der Waals surface area contributed by atoms with Crippen molar-refractivity contribution < 1.29 is 9.47 Å². The van der Waals surface area contributed by atoms with Gasteiger partial charge in [-0.25, -0.2) is 9.50 Å². The second-order valence-corrected chi connectivity index (χ2v) is 6.69. The van der Waals surface area contributed by atoms with Crippen molar-refractivity contribution in [2.45, 2.75) is 13.8 Å². The van der Waals surface area contributed by atoms with Gasteiger partial charge >= 0.3 is 0 Å². The van der Waals surface area contributed by atoms with Crippen molar-refractivity contribution in [2.75, 3.05) is 6.79 Å². The third-order valence-corrected chi connectivity index (χ3v) is 4.77. The quantitative estimate of drug-likeness (QED) is 0.592. The second kappa shape index (κ2) is 5.74. The molecule has 4 aromatic rings. The predicted molar refractivity (Wildman–Crippen MR) is 102 cm³/mol. The highest BCUT2D eigenvalue weighted by atomic mass is 16.7. The average molecular weight is 359 g/mol. The molecule has 2 aromatic carbocycles. The van der Waals surface area contributed by atoms with Crippen molar-refractivity contribution in [2.24, 2.45) is 0 Å². The summed E-state index contributed by atoms with van der Waals surface area (Å²) in [5.74, 6) is 1.37. The van der Waals surface area contributed by atoms with Crippen LogP contribution in [-0.2, 0) is 0 Å². The SMILES string of the molecule is Cc1cccc(-c2c(C)[nH]n3c(=O)cc(-c4ccc5c(c4)OCO5)nc23)c1. The molecule has 27 heavy (non-hydrogen) atoms. The number of nitrogens with one attached hydrogen (secondary N) is 1. The third kappa shape index (κ3) is 2.49. The first-order chi connectivity index (χ1) is 13.1. The van der Waals surface area contributed by atoms with E-state index in [1.807, 2.05) is 50.2 Å². The maximum absolute atomic E-state index is 12.7. The zero-order valence-electron chi connectivity index (χ0n) is 14.9. The molecule has 1 aliphatic heterocycles. The van der Waals surface area contributed by atoms with Crippen LogP contribution in [0.2, 0.25) is 0 Å². The van der Waals surface area contributed by atoms with Crippen molar-refractivity contribution in [1.82, 2.24) is 14.6 Å². The Morgan fingerprint density at radius 2 is 1.85 bits per heavy atom. The van der Waals surface area contributed by atoms with Gasteiger partial charge in [0.1, 0.15) is 0 Å². The van der Waals surface area contributed by atoms with Crippen LogP contribution in [0.3, 0.4) is 0 Å². The number of aromatic amines is 1. The van der Waals surface area contributed by atoms with Crippen molar-refractivity contribution in [3.63, 3.8) is 0 Å². The molecule has 6 heteroatoms. The largest absolute Gasteiger partial charge is 0.454 e. The van der Waals surface area contributed by atoms with Gasteiger partial charge in [0.2, 0.25) is 6.79 Å². The first kappa shape index (κ1) is 15.7. The highest BCUT2D eigenvalue weighted by molar-refractivity contribution is 5.81. The van der Waals surface area contributed by atoms with Gasteiger partial charge in [0.25, 0.3) is 5.56 Å². The highest BCUT2D eigenvalue weighted by Gasteiger charge is 2.18. The normalized spacial score (nSPS) is 12.7. The van der Waals surface area contributed by atoms with Gasteiger partial charge in [-0.2, -0.15) is 0 Å². The third-order valence-electron chi connectivity index (χ3n) is 4.77. The average Bonchev–Trinajstić information content (AvgIpc) is 3.24. The van der Waals surface area contributed by atoms with Crippen LogP contribution in [-0.4, -0.2) is 21.4 Å². The molecule has 0 saturated carbocycles. The van der Waals surface area contributed by atoms with Crippen LogP contribution in [0.4, 0.5) is 0 Å². The molecule has 0 fully saturated rings. The van der Waals surface area contributed by atoms with Gasteiger partial charge in [0.05, 0.1) is 5.69 Å². The fourth-order valence-corrected chi connectivity index (χ4v) is 3.50. The van der Waals surface area contributed by atoms with E-state index in [1.54, 1.807) is 0 Å². The van der Waals surface area contributed by atoms with E-state index in [2.05, 4.69) is 11.2 Å². The van der Waals surface area contributed by atoms with Crippen LogP contribution in [0.25, 0.3) is 28.0 Å². The molecular formula is C21H17N3O3. The Bertz CT molecular complexity index is 1250. The van der Waals surface area contributed by atoms with Gasteiger partial charge in [0, 0.05) is 22.9 Å². The molecule has 3 heterocycles. The van der Waals surface area contributed by atoms with Gasteiger partial charge in [-0.05, 0) is 37.6 Å². The van der Waals surface area contributed by atoms with Gasteiger partial charge in [-0.3, -0.25) is 9.89 Å². The van der Waals surface area contributed by atoms with E-state index in [0.29, 0.717) is 22.8 Å². The van der Waals surface area contributed by atoms with Crippen molar-refractivity contribution in [3.8, 4) is 33.9 Å². The number of fused-ring (bicyclic) bond motifs is 2. The van der Waals surface area contributed by atoms with Crippen LogP contribution in [0.5, 0.6) is 11.5 Å². The van der Waals surface area contributed by atoms with Crippen LogP contribution < -0.4 is 15.0 Å². The van der Waals surface area contributed by atoms with Crippen LogP contribution in [0, 0.1) is 13.8 Å². The number of aromatic nitrogens is 3. The number of nitrogens with zero attached hydrogens (tertiary/aromatic N) is 2. The Balaban J connectivity index is 1.74. The molecule has 1 N–H and O–H groups in total. The molecule has 6 nitrogen and oxygen atoms in total. The fourth-order valence-electron chi connectivity index (χ4n) is 3.50. The smallest absolute Gasteiger partial charge is 0.273 e. The fraction of sp³-hybridized carbons (Fsp3) is 0.143. The maximum Gasteiger partial charge on any atom is 0.273 e. The first-order valence-corrected chi connectivity index (χ1v) is 8.69. The predicted octanol–water partition coefficient (Wildman–Crippen LogP) is 3.70. The standard InChI is InChI=1S/C21H17N3O3/c1-12-4-3-5-15(8-12)20-13(2)23-24-19(25)10-16(22-21(20)24)14-6-7-17-18(9-14)27-11-26-17/h3-10,23H,11H2,1-2H3. The van der Waals surface area contributed by atoms with Gasteiger partial charge in [0.15, 0.2) is 17.1 Å². The van der Waals surface area contributed by atoms with Crippen LogP contribution in [0.15, 0.2) is 53.3 Å². The number of hydrogen-bond acceptors (Lipinski definition) is 4. The summed E-state index contributed by atoms with van der Waals surface area (Å²) in [5, 5.41) is 3.13. The second-order valence-electron chi connectivity index (χ2n) is 6.69. The summed E-state index contributed by atoms with van der Waals surface area (Å²) in [4.78, 5) is 17.5. The number of aryl methyl sites for hydroxylation is 2. The number of H-pyrrole nitrogens is 1. The Hall–Kier alpha value is -3.54.